The van der Waals surface area contributed by atoms with Gasteiger partial charge < -0.3 is 11.1 Å². The Balaban J connectivity index is 2.65. The minimum absolute atomic E-state index is 0.0287. The summed E-state index contributed by atoms with van der Waals surface area (Å²) in [5.41, 5.74) is 6.00. The molecule has 19 heavy (non-hydrogen) atoms. The first kappa shape index (κ1) is 15.4. The van der Waals surface area contributed by atoms with Crippen molar-refractivity contribution in [3.05, 3.63) is 24.0 Å². The first-order valence-electron chi connectivity index (χ1n) is 6.37. The third-order valence-corrected chi connectivity index (χ3v) is 2.96. The molecule has 1 unspecified atom stereocenters. The molecule has 4 nitrogen and oxygen atoms in total. The van der Waals surface area contributed by atoms with Crippen LogP contribution in [-0.4, -0.2) is 30.4 Å². The van der Waals surface area contributed by atoms with E-state index in [-0.39, 0.29) is 17.6 Å². The SMILES string of the molecule is CC(C)CN(C)C(C)C(=O)Nc1ccc(F)c(N)c1. The highest BCUT2D eigenvalue weighted by molar-refractivity contribution is 5.94. The quantitative estimate of drug-likeness (QED) is 0.805. The van der Waals surface area contributed by atoms with E-state index < -0.39 is 5.82 Å². The number of rotatable bonds is 5. The van der Waals surface area contributed by atoms with E-state index in [9.17, 15) is 9.18 Å². The maximum Gasteiger partial charge on any atom is 0.241 e. The first-order chi connectivity index (χ1) is 8.81. The van der Waals surface area contributed by atoms with Crippen LogP contribution in [-0.2, 0) is 4.79 Å². The van der Waals surface area contributed by atoms with E-state index >= 15 is 0 Å². The molecule has 1 aromatic carbocycles. The minimum Gasteiger partial charge on any atom is -0.396 e. The van der Waals surface area contributed by atoms with Gasteiger partial charge in [0.2, 0.25) is 5.91 Å². The van der Waals surface area contributed by atoms with Gasteiger partial charge in [0, 0.05) is 12.2 Å². The van der Waals surface area contributed by atoms with Crippen LogP contribution >= 0.6 is 0 Å². The number of benzene rings is 1. The predicted octanol–water partition coefficient (Wildman–Crippen LogP) is 2.32. The zero-order valence-electron chi connectivity index (χ0n) is 11.9. The Morgan fingerprint density at radius 1 is 1.42 bits per heavy atom. The van der Waals surface area contributed by atoms with Crippen LogP contribution in [0.25, 0.3) is 0 Å². The van der Waals surface area contributed by atoms with Crippen LogP contribution in [0.2, 0.25) is 0 Å². The van der Waals surface area contributed by atoms with Gasteiger partial charge >= 0.3 is 0 Å². The summed E-state index contributed by atoms with van der Waals surface area (Å²) < 4.78 is 13.0. The number of nitrogens with zero attached hydrogens (tertiary/aromatic N) is 1. The second kappa shape index (κ2) is 6.52. The van der Waals surface area contributed by atoms with Gasteiger partial charge in [0.05, 0.1) is 11.7 Å². The molecule has 0 fully saturated rings. The van der Waals surface area contributed by atoms with E-state index in [0.717, 1.165) is 6.54 Å². The highest BCUT2D eigenvalue weighted by Gasteiger charge is 2.18. The van der Waals surface area contributed by atoms with Gasteiger partial charge in [0.25, 0.3) is 0 Å². The van der Waals surface area contributed by atoms with Crippen molar-refractivity contribution in [2.45, 2.75) is 26.8 Å². The molecule has 1 atom stereocenters. The summed E-state index contributed by atoms with van der Waals surface area (Å²) in [4.78, 5) is 14.0. The van der Waals surface area contributed by atoms with Gasteiger partial charge in [-0.1, -0.05) is 13.8 Å². The molecule has 106 valence electrons. The molecule has 3 N–H and O–H groups in total. The monoisotopic (exact) mass is 267 g/mol. The van der Waals surface area contributed by atoms with Crippen LogP contribution in [0.4, 0.5) is 15.8 Å². The Morgan fingerprint density at radius 3 is 2.58 bits per heavy atom. The number of nitrogen functional groups attached to an aromatic ring is 1. The molecule has 0 aromatic heterocycles. The molecule has 0 aliphatic heterocycles. The van der Waals surface area contributed by atoms with Crippen LogP contribution < -0.4 is 11.1 Å². The van der Waals surface area contributed by atoms with E-state index in [1.54, 1.807) is 0 Å². The number of carbonyl (C=O) groups is 1. The van der Waals surface area contributed by atoms with Gasteiger partial charge in [-0.05, 0) is 38.1 Å². The average Bonchev–Trinajstić information content (AvgIpc) is 2.32. The molecular formula is C14H22FN3O. The number of nitrogens with one attached hydrogen (secondary N) is 1. The van der Waals surface area contributed by atoms with Crippen molar-refractivity contribution in [1.82, 2.24) is 4.90 Å². The van der Waals surface area contributed by atoms with Gasteiger partial charge in [-0.2, -0.15) is 0 Å². The first-order valence-corrected chi connectivity index (χ1v) is 6.37. The summed E-state index contributed by atoms with van der Waals surface area (Å²) in [6.45, 7) is 6.87. The molecule has 1 amide bonds. The number of hydrogen-bond acceptors (Lipinski definition) is 3. The lowest BCUT2D eigenvalue weighted by atomic mass is 10.1. The number of hydrogen-bond donors (Lipinski definition) is 2. The molecule has 0 aliphatic rings. The molecule has 1 aromatic rings. The van der Waals surface area contributed by atoms with Crippen molar-refractivity contribution >= 4 is 17.3 Å². The maximum atomic E-state index is 13.0. The fourth-order valence-corrected chi connectivity index (χ4v) is 1.80. The molecule has 0 bridgehead atoms. The lowest BCUT2D eigenvalue weighted by molar-refractivity contribution is -0.120. The van der Waals surface area contributed by atoms with E-state index in [0.29, 0.717) is 11.6 Å². The summed E-state index contributed by atoms with van der Waals surface area (Å²) >= 11 is 0. The third kappa shape index (κ3) is 4.52. The number of likely N-dealkylation sites (N-methyl/N-ethyl adjacent to an activating group) is 1. The standard InChI is InChI=1S/C14H22FN3O/c1-9(2)8-18(4)10(3)14(19)17-11-5-6-12(15)13(16)7-11/h5-7,9-10H,8,16H2,1-4H3,(H,17,19). The zero-order chi connectivity index (χ0) is 14.6. The van der Waals surface area contributed by atoms with Crippen LogP contribution in [0.15, 0.2) is 18.2 Å². The summed E-state index contributed by atoms with van der Waals surface area (Å²) in [6.07, 6.45) is 0. The summed E-state index contributed by atoms with van der Waals surface area (Å²) in [6, 6.07) is 3.91. The Kier molecular flexibility index (Phi) is 5.30. The van der Waals surface area contributed by atoms with Crippen molar-refractivity contribution in [2.75, 3.05) is 24.6 Å². The predicted molar refractivity (Wildman–Crippen MR) is 76.4 cm³/mol. The highest BCUT2D eigenvalue weighted by atomic mass is 19.1. The number of nitrogens with two attached hydrogens (primary N) is 1. The molecular weight excluding hydrogens is 245 g/mol. The van der Waals surface area contributed by atoms with Crippen LogP contribution in [0.1, 0.15) is 20.8 Å². The topological polar surface area (TPSA) is 58.4 Å². The van der Waals surface area contributed by atoms with Crippen molar-refractivity contribution in [1.29, 1.82) is 0 Å². The van der Waals surface area contributed by atoms with Crippen molar-refractivity contribution in [3.8, 4) is 0 Å². The van der Waals surface area contributed by atoms with Gasteiger partial charge in [-0.3, -0.25) is 9.69 Å². The summed E-state index contributed by atoms with van der Waals surface area (Å²) in [7, 11) is 1.91. The van der Waals surface area contributed by atoms with Crippen LogP contribution in [0, 0.1) is 11.7 Å². The number of halogens is 1. The maximum absolute atomic E-state index is 13.0. The molecule has 0 spiro atoms. The molecule has 0 saturated carbocycles. The highest BCUT2D eigenvalue weighted by Crippen LogP contribution is 2.16. The summed E-state index contributed by atoms with van der Waals surface area (Å²) in [5.74, 6) is -0.126. The number of anilines is 2. The largest absolute Gasteiger partial charge is 0.396 e. The molecule has 0 saturated heterocycles. The third-order valence-electron chi connectivity index (χ3n) is 2.96. The number of carbonyl (C=O) groups excluding carboxylic acids is 1. The molecule has 0 radical (unpaired) electrons. The molecule has 1 rings (SSSR count). The Labute approximate surface area is 113 Å². The van der Waals surface area contributed by atoms with Gasteiger partial charge in [0.15, 0.2) is 0 Å². The summed E-state index contributed by atoms with van der Waals surface area (Å²) in [5, 5.41) is 2.74. The Morgan fingerprint density at radius 2 is 2.05 bits per heavy atom. The van der Waals surface area contributed by atoms with E-state index in [2.05, 4.69) is 19.2 Å². The fraction of sp³-hybridized carbons (Fsp3) is 0.500. The second-order valence-corrected chi connectivity index (χ2v) is 5.23. The smallest absolute Gasteiger partial charge is 0.241 e. The van der Waals surface area contributed by atoms with E-state index in [1.807, 2.05) is 18.9 Å². The van der Waals surface area contributed by atoms with Crippen LogP contribution in [0.3, 0.4) is 0 Å². The van der Waals surface area contributed by atoms with Gasteiger partial charge in [-0.15, -0.1) is 0 Å². The molecule has 0 aliphatic carbocycles. The zero-order valence-corrected chi connectivity index (χ0v) is 11.9. The Bertz CT molecular complexity index is 448. The number of amides is 1. The molecule has 5 heteroatoms. The van der Waals surface area contributed by atoms with Gasteiger partial charge in [0.1, 0.15) is 5.82 Å². The lowest BCUT2D eigenvalue weighted by Gasteiger charge is -2.25. The average molecular weight is 267 g/mol. The van der Waals surface area contributed by atoms with E-state index in [4.69, 9.17) is 5.73 Å². The van der Waals surface area contributed by atoms with Crippen molar-refractivity contribution < 1.29 is 9.18 Å². The van der Waals surface area contributed by atoms with Gasteiger partial charge in [-0.25, -0.2) is 4.39 Å². The van der Waals surface area contributed by atoms with E-state index in [1.165, 1.54) is 18.2 Å². The lowest BCUT2D eigenvalue weighted by Crippen LogP contribution is -2.41. The van der Waals surface area contributed by atoms with Crippen LogP contribution in [0.5, 0.6) is 0 Å². The van der Waals surface area contributed by atoms with Crippen molar-refractivity contribution in [3.63, 3.8) is 0 Å². The van der Waals surface area contributed by atoms with Crippen molar-refractivity contribution in [2.24, 2.45) is 5.92 Å². The minimum atomic E-state index is -0.483. The molecule has 0 heterocycles. The fourth-order valence-electron chi connectivity index (χ4n) is 1.80. The Hall–Kier alpha value is -1.62. The second-order valence-electron chi connectivity index (χ2n) is 5.23. The normalized spacial score (nSPS) is 12.8.